The van der Waals surface area contributed by atoms with E-state index in [4.69, 9.17) is 20.8 Å². The number of carbonyl (C=O) groups excluding carboxylic acids is 1. The summed E-state index contributed by atoms with van der Waals surface area (Å²) in [7, 11) is 1.50. The number of benzene rings is 1. The van der Waals surface area contributed by atoms with Crippen LogP contribution in [-0.4, -0.2) is 42.1 Å². The highest BCUT2D eigenvalue weighted by molar-refractivity contribution is 6.31. The average molecular weight is 384 g/mol. The van der Waals surface area contributed by atoms with Crippen LogP contribution in [0.2, 0.25) is 5.02 Å². The van der Waals surface area contributed by atoms with Crippen molar-refractivity contribution in [1.29, 1.82) is 0 Å². The Morgan fingerprint density at radius 1 is 1.35 bits per heavy atom. The van der Waals surface area contributed by atoms with E-state index >= 15 is 0 Å². The van der Waals surface area contributed by atoms with Gasteiger partial charge in [-0.15, -0.1) is 0 Å². The van der Waals surface area contributed by atoms with Crippen LogP contribution in [0.4, 0.5) is 4.39 Å². The molecule has 0 aliphatic heterocycles. The molecule has 8 heteroatoms. The van der Waals surface area contributed by atoms with Crippen LogP contribution >= 0.6 is 11.6 Å². The molecule has 2 rings (SSSR count). The van der Waals surface area contributed by atoms with Crippen molar-refractivity contribution in [3.8, 4) is 0 Å². The second kappa shape index (κ2) is 8.82. The predicted octanol–water partition coefficient (Wildman–Crippen LogP) is 3.62. The number of aromatic carboxylic acids is 1. The summed E-state index contributed by atoms with van der Waals surface area (Å²) in [4.78, 5) is 25.5. The molecule has 0 radical (unpaired) electrons. The van der Waals surface area contributed by atoms with Crippen molar-refractivity contribution in [1.82, 2.24) is 4.90 Å². The molecular weight excluding hydrogens is 365 g/mol. The molecule has 0 unspecified atom stereocenters. The number of methoxy groups -OCH3 is 1. The lowest BCUT2D eigenvalue weighted by Gasteiger charge is -2.22. The molecule has 0 fully saturated rings. The molecule has 2 aromatic rings. The van der Waals surface area contributed by atoms with E-state index in [1.807, 2.05) is 0 Å². The fraction of sp³-hybridized carbons (Fsp3) is 0.333. The van der Waals surface area contributed by atoms with Gasteiger partial charge in [0.25, 0.3) is 5.91 Å². The van der Waals surface area contributed by atoms with Gasteiger partial charge in [-0.25, -0.2) is 9.18 Å². The van der Waals surface area contributed by atoms with E-state index in [1.165, 1.54) is 36.3 Å². The molecule has 0 aliphatic carbocycles. The number of rotatable bonds is 8. The molecule has 0 aliphatic rings. The van der Waals surface area contributed by atoms with E-state index in [0.29, 0.717) is 12.0 Å². The highest BCUT2D eigenvalue weighted by Crippen LogP contribution is 2.22. The number of carboxylic acid groups (broad SMARTS) is 1. The van der Waals surface area contributed by atoms with E-state index in [0.717, 1.165) is 0 Å². The number of carboxylic acids is 1. The number of carbonyl (C=O) groups is 2. The maximum Gasteiger partial charge on any atom is 0.339 e. The number of hydrogen-bond acceptors (Lipinski definition) is 4. The van der Waals surface area contributed by atoms with E-state index < -0.39 is 17.7 Å². The molecule has 26 heavy (non-hydrogen) atoms. The van der Waals surface area contributed by atoms with Gasteiger partial charge in [0.1, 0.15) is 17.1 Å². The van der Waals surface area contributed by atoms with Crippen molar-refractivity contribution >= 4 is 23.5 Å². The van der Waals surface area contributed by atoms with Gasteiger partial charge in [0.05, 0.1) is 6.61 Å². The third-order valence-electron chi connectivity index (χ3n) is 3.80. The summed E-state index contributed by atoms with van der Waals surface area (Å²) in [6.07, 6.45) is 0.344. The smallest absolute Gasteiger partial charge is 0.339 e. The summed E-state index contributed by atoms with van der Waals surface area (Å²) in [5.41, 5.74) is 0.514. The van der Waals surface area contributed by atoms with Gasteiger partial charge in [0.15, 0.2) is 5.76 Å². The third kappa shape index (κ3) is 4.62. The molecule has 0 saturated carbocycles. The van der Waals surface area contributed by atoms with Crippen LogP contribution in [0.25, 0.3) is 0 Å². The minimum atomic E-state index is -1.16. The van der Waals surface area contributed by atoms with Crippen LogP contribution in [-0.2, 0) is 17.7 Å². The zero-order chi connectivity index (χ0) is 19.3. The number of amides is 1. The van der Waals surface area contributed by atoms with Gasteiger partial charge < -0.3 is 19.2 Å². The molecule has 0 saturated heterocycles. The van der Waals surface area contributed by atoms with Crippen LogP contribution in [0.5, 0.6) is 0 Å². The van der Waals surface area contributed by atoms with Crippen LogP contribution < -0.4 is 0 Å². The first kappa shape index (κ1) is 19.9. The zero-order valence-electron chi connectivity index (χ0n) is 14.4. The van der Waals surface area contributed by atoms with Gasteiger partial charge in [-0.1, -0.05) is 24.6 Å². The lowest BCUT2D eigenvalue weighted by atomic mass is 10.2. The Morgan fingerprint density at radius 2 is 2.08 bits per heavy atom. The maximum atomic E-state index is 13.2. The number of aryl methyl sites for hydroxylation is 1. The molecule has 0 atom stereocenters. The zero-order valence-corrected chi connectivity index (χ0v) is 15.2. The van der Waals surface area contributed by atoms with E-state index in [2.05, 4.69) is 0 Å². The topological polar surface area (TPSA) is 80.0 Å². The second-order valence-corrected chi connectivity index (χ2v) is 5.97. The van der Waals surface area contributed by atoms with Gasteiger partial charge >= 0.3 is 5.97 Å². The molecular formula is C18H19ClFNO5. The standard InChI is InChI=1S/C18H19ClFNO5/c1-3-15-13(18(23)24)9-16(26-15)17(22)21(6-7-25-2)10-11-4-5-12(20)8-14(11)19/h4-5,8-9H,3,6-7,10H2,1-2H3,(H,23,24). The molecule has 6 nitrogen and oxygen atoms in total. The van der Waals surface area contributed by atoms with Crippen molar-refractivity contribution < 1.29 is 28.2 Å². The van der Waals surface area contributed by atoms with Crippen LogP contribution in [0.3, 0.4) is 0 Å². The quantitative estimate of drug-likeness (QED) is 0.753. The van der Waals surface area contributed by atoms with Gasteiger partial charge in [-0.3, -0.25) is 4.79 Å². The molecule has 0 bridgehead atoms. The van der Waals surface area contributed by atoms with E-state index in [1.54, 1.807) is 6.92 Å². The molecule has 1 aromatic heterocycles. The van der Waals surface area contributed by atoms with Gasteiger partial charge in [0.2, 0.25) is 0 Å². The van der Waals surface area contributed by atoms with Gasteiger partial charge in [-0.05, 0) is 17.7 Å². The van der Waals surface area contributed by atoms with E-state index in [-0.39, 0.29) is 41.8 Å². The average Bonchev–Trinajstić information content (AvgIpc) is 3.04. The first-order valence-electron chi connectivity index (χ1n) is 7.95. The van der Waals surface area contributed by atoms with Crippen molar-refractivity contribution in [3.05, 3.63) is 57.8 Å². The highest BCUT2D eigenvalue weighted by atomic mass is 35.5. The number of hydrogen-bond donors (Lipinski definition) is 1. The van der Waals surface area contributed by atoms with Gasteiger partial charge in [0, 0.05) is 37.7 Å². The SMILES string of the molecule is CCc1oc(C(=O)N(CCOC)Cc2ccc(F)cc2Cl)cc1C(=O)O. The Kier molecular flexibility index (Phi) is 6.76. The fourth-order valence-electron chi connectivity index (χ4n) is 2.44. The van der Waals surface area contributed by atoms with Crippen LogP contribution in [0, 0.1) is 5.82 Å². The van der Waals surface area contributed by atoms with Crippen molar-refractivity contribution in [2.45, 2.75) is 19.9 Å². The lowest BCUT2D eigenvalue weighted by Crippen LogP contribution is -2.33. The number of nitrogens with zero attached hydrogens (tertiary/aromatic N) is 1. The summed E-state index contributed by atoms with van der Waals surface area (Å²) in [6, 6.07) is 5.13. The van der Waals surface area contributed by atoms with Crippen molar-refractivity contribution in [2.24, 2.45) is 0 Å². The Hall–Kier alpha value is -2.38. The van der Waals surface area contributed by atoms with E-state index in [9.17, 15) is 19.1 Å². The summed E-state index contributed by atoms with van der Waals surface area (Å²) < 4.78 is 23.7. The molecule has 140 valence electrons. The number of furan rings is 1. The Morgan fingerprint density at radius 3 is 2.62 bits per heavy atom. The van der Waals surface area contributed by atoms with Gasteiger partial charge in [-0.2, -0.15) is 0 Å². The molecule has 1 aromatic carbocycles. The van der Waals surface area contributed by atoms with Crippen LogP contribution in [0.1, 0.15) is 39.2 Å². The summed E-state index contributed by atoms with van der Waals surface area (Å²) in [6.45, 7) is 2.33. The van der Waals surface area contributed by atoms with Crippen molar-refractivity contribution in [2.75, 3.05) is 20.3 Å². The Bertz CT molecular complexity index is 805. The minimum absolute atomic E-state index is 0.0395. The maximum absolute atomic E-state index is 13.2. The van der Waals surface area contributed by atoms with Crippen LogP contribution in [0.15, 0.2) is 28.7 Å². The Labute approximate surface area is 155 Å². The predicted molar refractivity (Wildman–Crippen MR) is 93.1 cm³/mol. The third-order valence-corrected chi connectivity index (χ3v) is 4.15. The first-order chi connectivity index (χ1) is 12.4. The summed E-state index contributed by atoms with van der Waals surface area (Å²) >= 11 is 6.04. The number of halogens is 2. The first-order valence-corrected chi connectivity index (χ1v) is 8.33. The fourth-order valence-corrected chi connectivity index (χ4v) is 2.67. The second-order valence-electron chi connectivity index (χ2n) is 5.56. The molecule has 1 amide bonds. The molecule has 0 spiro atoms. The van der Waals surface area contributed by atoms with Crippen molar-refractivity contribution in [3.63, 3.8) is 0 Å². The minimum Gasteiger partial charge on any atom is -0.478 e. The number of ether oxygens (including phenoxy) is 1. The normalized spacial score (nSPS) is 10.8. The highest BCUT2D eigenvalue weighted by Gasteiger charge is 2.24. The monoisotopic (exact) mass is 383 g/mol. The molecule has 1 N–H and O–H groups in total. The summed E-state index contributed by atoms with van der Waals surface area (Å²) in [5.74, 6) is -1.97. The summed E-state index contributed by atoms with van der Waals surface area (Å²) in [5, 5.41) is 9.41. The Balaban J connectivity index is 2.30. The largest absolute Gasteiger partial charge is 0.478 e. The lowest BCUT2D eigenvalue weighted by molar-refractivity contribution is 0.0646. The molecule has 1 heterocycles.